The molecule has 1 aromatic heterocycles. The number of benzene rings is 1. The molecule has 0 aliphatic rings. The standard InChI is InChI=1S/C14H16ClN3/c1-10-13(3-2-8-17-10)14(18-16)9-11-4-6-12(15)7-5-11/h2-8,14,18H,9,16H2,1H3. The third-order valence-corrected chi connectivity index (χ3v) is 3.23. The zero-order chi connectivity index (χ0) is 13.0. The molecule has 0 fully saturated rings. The maximum Gasteiger partial charge on any atom is 0.0518 e. The summed E-state index contributed by atoms with van der Waals surface area (Å²) in [6, 6.07) is 11.8. The topological polar surface area (TPSA) is 50.9 Å². The van der Waals surface area contributed by atoms with E-state index >= 15 is 0 Å². The van der Waals surface area contributed by atoms with Crippen molar-refractivity contribution in [1.82, 2.24) is 10.4 Å². The Labute approximate surface area is 112 Å². The van der Waals surface area contributed by atoms with E-state index in [2.05, 4.69) is 10.4 Å². The number of nitrogens with two attached hydrogens (primary N) is 1. The summed E-state index contributed by atoms with van der Waals surface area (Å²) >= 11 is 5.87. The van der Waals surface area contributed by atoms with E-state index in [9.17, 15) is 0 Å². The molecule has 0 aliphatic carbocycles. The highest BCUT2D eigenvalue weighted by Gasteiger charge is 2.13. The molecule has 1 atom stereocenters. The first-order chi connectivity index (χ1) is 8.70. The van der Waals surface area contributed by atoms with E-state index in [4.69, 9.17) is 17.4 Å². The van der Waals surface area contributed by atoms with Crippen LogP contribution in [0.2, 0.25) is 5.02 Å². The van der Waals surface area contributed by atoms with Crippen molar-refractivity contribution in [2.24, 2.45) is 5.84 Å². The maximum absolute atomic E-state index is 5.87. The van der Waals surface area contributed by atoms with Gasteiger partial charge in [-0.25, -0.2) is 0 Å². The molecule has 1 heterocycles. The van der Waals surface area contributed by atoms with Crippen LogP contribution in [-0.4, -0.2) is 4.98 Å². The number of pyridine rings is 1. The van der Waals surface area contributed by atoms with Gasteiger partial charge in [0.15, 0.2) is 0 Å². The molecule has 0 bridgehead atoms. The van der Waals surface area contributed by atoms with Crippen LogP contribution in [0.4, 0.5) is 0 Å². The van der Waals surface area contributed by atoms with Gasteiger partial charge < -0.3 is 0 Å². The first-order valence-electron chi connectivity index (χ1n) is 5.83. The molecular formula is C14H16ClN3. The zero-order valence-corrected chi connectivity index (χ0v) is 11.0. The van der Waals surface area contributed by atoms with Crippen LogP contribution in [0.1, 0.15) is 22.9 Å². The Morgan fingerprint density at radius 1 is 1.28 bits per heavy atom. The highest BCUT2D eigenvalue weighted by molar-refractivity contribution is 6.30. The van der Waals surface area contributed by atoms with E-state index in [1.807, 2.05) is 43.3 Å². The summed E-state index contributed by atoms with van der Waals surface area (Å²) in [4.78, 5) is 4.29. The molecule has 0 saturated heterocycles. The number of nitrogens with one attached hydrogen (secondary N) is 1. The van der Waals surface area contributed by atoms with Crippen molar-refractivity contribution in [2.45, 2.75) is 19.4 Å². The summed E-state index contributed by atoms with van der Waals surface area (Å²) in [5.41, 5.74) is 6.15. The van der Waals surface area contributed by atoms with Gasteiger partial charge in [-0.3, -0.25) is 16.3 Å². The molecule has 0 radical (unpaired) electrons. The van der Waals surface area contributed by atoms with Crippen molar-refractivity contribution in [2.75, 3.05) is 0 Å². The number of nitrogens with zero attached hydrogens (tertiary/aromatic N) is 1. The van der Waals surface area contributed by atoms with Crippen LogP contribution in [0.5, 0.6) is 0 Å². The zero-order valence-electron chi connectivity index (χ0n) is 10.2. The Kier molecular flexibility index (Phi) is 4.31. The van der Waals surface area contributed by atoms with Crippen LogP contribution in [0, 0.1) is 6.92 Å². The first kappa shape index (κ1) is 13.0. The van der Waals surface area contributed by atoms with Gasteiger partial charge in [-0.05, 0) is 42.7 Å². The minimum atomic E-state index is 0.0554. The number of aromatic nitrogens is 1. The molecule has 0 spiro atoms. The molecule has 0 aliphatic heterocycles. The van der Waals surface area contributed by atoms with Crippen molar-refractivity contribution >= 4 is 11.6 Å². The number of aryl methyl sites for hydroxylation is 1. The van der Waals surface area contributed by atoms with Gasteiger partial charge in [-0.2, -0.15) is 0 Å². The molecule has 3 N–H and O–H groups in total. The highest BCUT2D eigenvalue weighted by Crippen LogP contribution is 2.20. The van der Waals surface area contributed by atoms with Crippen LogP contribution in [0.25, 0.3) is 0 Å². The van der Waals surface area contributed by atoms with E-state index < -0.39 is 0 Å². The fourth-order valence-corrected chi connectivity index (χ4v) is 2.11. The predicted octanol–water partition coefficient (Wildman–Crippen LogP) is 2.79. The Morgan fingerprint density at radius 2 is 2.00 bits per heavy atom. The van der Waals surface area contributed by atoms with Crippen molar-refractivity contribution in [3.05, 3.63) is 64.4 Å². The summed E-state index contributed by atoms with van der Waals surface area (Å²) in [5.74, 6) is 5.65. The molecule has 4 heteroatoms. The van der Waals surface area contributed by atoms with Gasteiger partial charge in [0.25, 0.3) is 0 Å². The van der Waals surface area contributed by atoms with E-state index in [-0.39, 0.29) is 6.04 Å². The van der Waals surface area contributed by atoms with E-state index in [0.29, 0.717) is 0 Å². The van der Waals surface area contributed by atoms with Crippen molar-refractivity contribution in [3.8, 4) is 0 Å². The monoisotopic (exact) mass is 261 g/mol. The number of hydrogen-bond donors (Lipinski definition) is 2. The lowest BCUT2D eigenvalue weighted by Crippen LogP contribution is -2.30. The summed E-state index contributed by atoms with van der Waals surface area (Å²) < 4.78 is 0. The van der Waals surface area contributed by atoms with Gasteiger partial charge in [0.2, 0.25) is 0 Å². The van der Waals surface area contributed by atoms with Gasteiger partial charge in [0, 0.05) is 16.9 Å². The average molecular weight is 262 g/mol. The molecule has 1 unspecified atom stereocenters. The van der Waals surface area contributed by atoms with Crippen molar-refractivity contribution < 1.29 is 0 Å². The minimum Gasteiger partial charge on any atom is -0.271 e. The van der Waals surface area contributed by atoms with Gasteiger partial charge in [0.1, 0.15) is 0 Å². The molecule has 18 heavy (non-hydrogen) atoms. The summed E-state index contributed by atoms with van der Waals surface area (Å²) in [6.07, 6.45) is 2.59. The number of halogens is 1. The summed E-state index contributed by atoms with van der Waals surface area (Å²) in [6.45, 7) is 1.99. The van der Waals surface area contributed by atoms with E-state index in [0.717, 1.165) is 22.7 Å². The summed E-state index contributed by atoms with van der Waals surface area (Å²) in [7, 11) is 0. The highest BCUT2D eigenvalue weighted by atomic mass is 35.5. The molecule has 2 aromatic rings. The Bertz CT molecular complexity index is 511. The third kappa shape index (κ3) is 3.07. The fourth-order valence-electron chi connectivity index (χ4n) is 1.98. The number of rotatable bonds is 4. The average Bonchev–Trinajstić information content (AvgIpc) is 2.39. The molecule has 2 rings (SSSR count). The van der Waals surface area contributed by atoms with Crippen LogP contribution in [0.15, 0.2) is 42.6 Å². The lowest BCUT2D eigenvalue weighted by Gasteiger charge is -2.18. The third-order valence-electron chi connectivity index (χ3n) is 2.98. The van der Waals surface area contributed by atoms with Gasteiger partial charge in [-0.1, -0.05) is 29.8 Å². The molecule has 1 aromatic carbocycles. The Hall–Kier alpha value is -1.42. The minimum absolute atomic E-state index is 0.0554. The Morgan fingerprint density at radius 3 is 2.61 bits per heavy atom. The van der Waals surface area contributed by atoms with Crippen molar-refractivity contribution in [3.63, 3.8) is 0 Å². The quantitative estimate of drug-likeness (QED) is 0.657. The molecule has 94 valence electrons. The maximum atomic E-state index is 5.87. The van der Waals surface area contributed by atoms with E-state index in [1.165, 1.54) is 5.56 Å². The van der Waals surface area contributed by atoms with E-state index in [1.54, 1.807) is 6.20 Å². The van der Waals surface area contributed by atoms with Crippen LogP contribution in [0.3, 0.4) is 0 Å². The SMILES string of the molecule is Cc1ncccc1C(Cc1ccc(Cl)cc1)NN. The smallest absolute Gasteiger partial charge is 0.0518 e. The Balaban J connectivity index is 2.20. The normalized spacial score (nSPS) is 12.4. The lowest BCUT2D eigenvalue weighted by atomic mass is 9.98. The second-order valence-corrected chi connectivity index (χ2v) is 4.66. The van der Waals surface area contributed by atoms with Crippen molar-refractivity contribution in [1.29, 1.82) is 0 Å². The molecule has 3 nitrogen and oxygen atoms in total. The van der Waals surface area contributed by atoms with Gasteiger partial charge in [-0.15, -0.1) is 0 Å². The van der Waals surface area contributed by atoms with Gasteiger partial charge in [0.05, 0.1) is 6.04 Å². The number of hydrogen-bond acceptors (Lipinski definition) is 3. The predicted molar refractivity (Wildman–Crippen MR) is 74.2 cm³/mol. The second kappa shape index (κ2) is 5.96. The molecule has 0 saturated carbocycles. The fraction of sp³-hybridized carbons (Fsp3) is 0.214. The van der Waals surface area contributed by atoms with Gasteiger partial charge >= 0.3 is 0 Å². The van der Waals surface area contributed by atoms with Crippen LogP contribution < -0.4 is 11.3 Å². The van der Waals surface area contributed by atoms with Crippen LogP contribution >= 0.6 is 11.6 Å². The second-order valence-electron chi connectivity index (χ2n) is 4.23. The number of hydrazine groups is 1. The lowest BCUT2D eigenvalue weighted by molar-refractivity contribution is 0.547. The molecular weight excluding hydrogens is 246 g/mol. The molecule has 0 amide bonds. The van der Waals surface area contributed by atoms with Crippen LogP contribution in [-0.2, 0) is 6.42 Å². The summed E-state index contributed by atoms with van der Waals surface area (Å²) in [5, 5.41) is 0.744. The largest absolute Gasteiger partial charge is 0.271 e. The first-order valence-corrected chi connectivity index (χ1v) is 6.20.